The van der Waals surface area contributed by atoms with Gasteiger partial charge in [-0.1, -0.05) is 13.8 Å². The van der Waals surface area contributed by atoms with Crippen LogP contribution in [-0.2, 0) is 9.53 Å². The van der Waals surface area contributed by atoms with E-state index >= 15 is 0 Å². The van der Waals surface area contributed by atoms with Crippen molar-refractivity contribution >= 4 is 11.8 Å². The summed E-state index contributed by atoms with van der Waals surface area (Å²) in [6.45, 7) is 11.4. The van der Waals surface area contributed by atoms with E-state index in [1.54, 1.807) is 12.4 Å². The predicted octanol–water partition coefficient (Wildman–Crippen LogP) is 3.63. The number of carbonyl (C=O) groups excluding carboxylic acids is 1. The summed E-state index contributed by atoms with van der Waals surface area (Å²) in [5, 5.41) is 3.21. The number of aromatic nitrogens is 3. The van der Waals surface area contributed by atoms with Crippen LogP contribution in [-0.4, -0.2) is 32.6 Å². The molecule has 6 heteroatoms. The zero-order valence-electron chi connectivity index (χ0n) is 15.7. The van der Waals surface area contributed by atoms with E-state index in [1.165, 1.54) is 0 Å². The summed E-state index contributed by atoms with van der Waals surface area (Å²) in [4.78, 5) is 25.6. The third kappa shape index (κ3) is 5.52. The van der Waals surface area contributed by atoms with Crippen molar-refractivity contribution in [1.82, 2.24) is 15.0 Å². The quantitative estimate of drug-likeness (QED) is 0.836. The van der Waals surface area contributed by atoms with Crippen molar-refractivity contribution < 1.29 is 9.53 Å². The number of nitrogens with one attached hydrogen (secondary N) is 1. The summed E-state index contributed by atoms with van der Waals surface area (Å²) in [5.41, 5.74) is 1.10. The van der Waals surface area contributed by atoms with Crippen LogP contribution in [0.1, 0.15) is 40.3 Å². The van der Waals surface area contributed by atoms with Gasteiger partial charge in [0.15, 0.2) is 5.82 Å². The Labute approximate surface area is 149 Å². The fourth-order valence-electron chi connectivity index (χ4n) is 2.29. The van der Waals surface area contributed by atoms with Crippen LogP contribution >= 0.6 is 0 Å². The van der Waals surface area contributed by atoms with Gasteiger partial charge in [0.1, 0.15) is 17.5 Å². The molecule has 1 atom stereocenters. The van der Waals surface area contributed by atoms with Gasteiger partial charge in [0.2, 0.25) is 0 Å². The first-order valence-corrected chi connectivity index (χ1v) is 8.41. The minimum atomic E-state index is -0.533. The lowest BCUT2D eigenvalue weighted by molar-refractivity contribution is -0.156. The number of ether oxygens (including phenoxy) is 1. The molecule has 0 aliphatic rings. The van der Waals surface area contributed by atoms with Crippen molar-refractivity contribution in [2.75, 3.05) is 5.32 Å². The van der Waals surface area contributed by atoms with Gasteiger partial charge < -0.3 is 10.1 Å². The topological polar surface area (TPSA) is 77.0 Å². The Kier molecular flexibility index (Phi) is 5.72. The van der Waals surface area contributed by atoms with E-state index in [4.69, 9.17) is 4.74 Å². The number of rotatable bonds is 5. The normalized spacial score (nSPS) is 12.8. The van der Waals surface area contributed by atoms with E-state index < -0.39 is 11.6 Å². The third-order valence-electron chi connectivity index (χ3n) is 3.40. The van der Waals surface area contributed by atoms with Crippen LogP contribution in [0.5, 0.6) is 0 Å². The van der Waals surface area contributed by atoms with E-state index in [9.17, 15) is 4.79 Å². The maximum absolute atomic E-state index is 12.5. The Bertz CT molecular complexity index is 724. The predicted molar refractivity (Wildman–Crippen MR) is 98.1 cm³/mol. The molecule has 0 aromatic carbocycles. The minimum absolute atomic E-state index is 0.0481. The van der Waals surface area contributed by atoms with E-state index in [1.807, 2.05) is 59.7 Å². The number of aryl methyl sites for hydroxylation is 1. The first kappa shape index (κ1) is 18.8. The molecule has 2 rings (SSSR count). The molecule has 1 N–H and O–H groups in total. The molecular formula is C19H26N4O2. The van der Waals surface area contributed by atoms with E-state index in [2.05, 4.69) is 20.3 Å². The molecule has 0 bridgehead atoms. The number of anilines is 1. The number of esters is 1. The van der Waals surface area contributed by atoms with Gasteiger partial charge in [-0.2, -0.15) is 0 Å². The van der Waals surface area contributed by atoms with Crippen LogP contribution in [0.2, 0.25) is 0 Å². The molecule has 2 aromatic rings. The summed E-state index contributed by atoms with van der Waals surface area (Å²) >= 11 is 0. The maximum atomic E-state index is 12.5. The molecule has 0 spiro atoms. The minimum Gasteiger partial charge on any atom is -0.458 e. The lowest BCUT2D eigenvalue weighted by Gasteiger charge is -2.27. The Morgan fingerprint density at radius 1 is 1.24 bits per heavy atom. The Balaban J connectivity index is 2.28. The highest BCUT2D eigenvalue weighted by Crippen LogP contribution is 2.20. The Hall–Kier alpha value is -2.50. The summed E-state index contributed by atoms with van der Waals surface area (Å²) in [6.07, 6.45) is 3.42. The molecule has 6 nitrogen and oxygen atoms in total. The second kappa shape index (κ2) is 7.59. The zero-order valence-corrected chi connectivity index (χ0v) is 15.7. The SMILES string of the molecule is Cc1cc(N[C@@H](C(=O)OC(C)(C)C)C(C)C)nc(-c2cccnc2)n1. The molecule has 0 amide bonds. The maximum Gasteiger partial charge on any atom is 0.329 e. The van der Waals surface area contributed by atoms with Gasteiger partial charge in [0.05, 0.1) is 0 Å². The van der Waals surface area contributed by atoms with Crippen molar-refractivity contribution in [2.45, 2.75) is 53.2 Å². The van der Waals surface area contributed by atoms with Gasteiger partial charge in [0, 0.05) is 29.7 Å². The van der Waals surface area contributed by atoms with Crippen molar-refractivity contribution in [2.24, 2.45) is 5.92 Å². The van der Waals surface area contributed by atoms with Crippen LogP contribution < -0.4 is 5.32 Å². The fourth-order valence-corrected chi connectivity index (χ4v) is 2.29. The number of pyridine rings is 1. The number of carbonyl (C=O) groups is 1. The zero-order chi connectivity index (χ0) is 18.6. The molecule has 0 aliphatic heterocycles. The molecule has 0 saturated carbocycles. The first-order chi connectivity index (χ1) is 11.7. The van der Waals surface area contributed by atoms with Gasteiger partial charge in [0.25, 0.3) is 0 Å². The number of hydrogen-bond donors (Lipinski definition) is 1. The number of hydrogen-bond acceptors (Lipinski definition) is 6. The van der Waals surface area contributed by atoms with Crippen molar-refractivity contribution in [3.63, 3.8) is 0 Å². The standard InChI is InChI=1S/C19H26N4O2/c1-12(2)16(18(24)25-19(4,5)6)22-15-10-13(3)21-17(23-15)14-8-7-9-20-11-14/h7-12,16H,1-6H3,(H,21,22,23)/t16-/m1/s1. The molecule has 0 radical (unpaired) electrons. The Morgan fingerprint density at radius 2 is 1.96 bits per heavy atom. The first-order valence-electron chi connectivity index (χ1n) is 8.41. The van der Waals surface area contributed by atoms with Crippen LogP contribution in [0.15, 0.2) is 30.6 Å². The lowest BCUT2D eigenvalue weighted by atomic mass is 10.0. The van der Waals surface area contributed by atoms with E-state index in [-0.39, 0.29) is 11.9 Å². The van der Waals surface area contributed by atoms with Crippen LogP contribution in [0.4, 0.5) is 5.82 Å². The monoisotopic (exact) mass is 342 g/mol. The lowest BCUT2D eigenvalue weighted by Crippen LogP contribution is -2.40. The fraction of sp³-hybridized carbons (Fsp3) is 0.474. The molecule has 0 unspecified atom stereocenters. The van der Waals surface area contributed by atoms with Crippen LogP contribution in [0.25, 0.3) is 11.4 Å². The molecule has 0 fully saturated rings. The highest BCUT2D eigenvalue weighted by Gasteiger charge is 2.28. The molecule has 2 aromatic heterocycles. The smallest absolute Gasteiger partial charge is 0.329 e. The summed E-state index contributed by atoms with van der Waals surface area (Å²) in [6, 6.07) is 5.07. The van der Waals surface area contributed by atoms with Crippen LogP contribution in [0.3, 0.4) is 0 Å². The van der Waals surface area contributed by atoms with Crippen LogP contribution in [0, 0.1) is 12.8 Å². The summed E-state index contributed by atoms with van der Waals surface area (Å²) in [7, 11) is 0. The number of nitrogens with zero attached hydrogens (tertiary/aromatic N) is 3. The largest absolute Gasteiger partial charge is 0.458 e. The van der Waals surface area contributed by atoms with Crippen molar-refractivity contribution in [3.8, 4) is 11.4 Å². The molecular weight excluding hydrogens is 316 g/mol. The average molecular weight is 342 g/mol. The van der Waals surface area contributed by atoms with Gasteiger partial charge in [-0.15, -0.1) is 0 Å². The van der Waals surface area contributed by atoms with E-state index in [0.717, 1.165) is 11.3 Å². The summed E-state index contributed by atoms with van der Waals surface area (Å²) in [5.74, 6) is 0.923. The van der Waals surface area contributed by atoms with Gasteiger partial charge in [-0.3, -0.25) is 4.98 Å². The van der Waals surface area contributed by atoms with Gasteiger partial charge in [-0.25, -0.2) is 14.8 Å². The molecule has 25 heavy (non-hydrogen) atoms. The van der Waals surface area contributed by atoms with Gasteiger partial charge in [-0.05, 0) is 45.7 Å². The third-order valence-corrected chi connectivity index (χ3v) is 3.40. The molecule has 0 saturated heterocycles. The molecule has 0 aliphatic carbocycles. The molecule has 2 heterocycles. The summed E-state index contributed by atoms with van der Waals surface area (Å²) < 4.78 is 5.52. The average Bonchev–Trinajstić information content (AvgIpc) is 2.51. The highest BCUT2D eigenvalue weighted by atomic mass is 16.6. The van der Waals surface area contributed by atoms with E-state index in [0.29, 0.717) is 11.6 Å². The Morgan fingerprint density at radius 3 is 2.52 bits per heavy atom. The second-order valence-corrected chi connectivity index (χ2v) is 7.36. The molecule has 134 valence electrons. The second-order valence-electron chi connectivity index (χ2n) is 7.36. The van der Waals surface area contributed by atoms with Crippen molar-refractivity contribution in [3.05, 3.63) is 36.3 Å². The van der Waals surface area contributed by atoms with Crippen molar-refractivity contribution in [1.29, 1.82) is 0 Å². The van der Waals surface area contributed by atoms with Gasteiger partial charge >= 0.3 is 5.97 Å². The highest BCUT2D eigenvalue weighted by molar-refractivity contribution is 5.79.